The van der Waals surface area contributed by atoms with E-state index in [9.17, 15) is 4.79 Å². The van der Waals surface area contributed by atoms with E-state index in [0.29, 0.717) is 41.7 Å². The van der Waals surface area contributed by atoms with E-state index in [2.05, 4.69) is 15.5 Å². The Kier molecular flexibility index (Phi) is 7.55. The Hall–Kier alpha value is -4.85. The Morgan fingerprint density at radius 3 is 1.89 bits per heavy atom. The summed E-state index contributed by atoms with van der Waals surface area (Å²) in [4.78, 5) is 17.1. The number of carbonyl (C=O) groups excluding carboxylic acids is 1. The zero-order valence-corrected chi connectivity index (χ0v) is 18.8. The first-order valence-electron chi connectivity index (χ1n) is 10.8. The number of hydrogen-bond acceptors (Lipinski definition) is 6. The van der Waals surface area contributed by atoms with Gasteiger partial charge in [0.2, 0.25) is 0 Å². The molecule has 0 fully saturated rings. The second-order valence-electron chi connectivity index (χ2n) is 7.61. The van der Waals surface area contributed by atoms with Crippen molar-refractivity contribution in [3.63, 3.8) is 0 Å². The van der Waals surface area contributed by atoms with Crippen LogP contribution in [0.5, 0.6) is 11.5 Å². The SMILES string of the molecule is N/C(=N\O)c1ccc(NC(=O)c2cc(OCc3ccccc3)cc(OCc3ccccc3)c2)nc1. The van der Waals surface area contributed by atoms with Gasteiger partial charge in [0.1, 0.15) is 30.5 Å². The van der Waals surface area contributed by atoms with Crippen LogP contribution in [0.2, 0.25) is 0 Å². The molecule has 176 valence electrons. The van der Waals surface area contributed by atoms with Crippen molar-refractivity contribution in [2.24, 2.45) is 10.9 Å². The number of amides is 1. The van der Waals surface area contributed by atoms with Gasteiger partial charge in [0, 0.05) is 23.4 Å². The number of rotatable bonds is 9. The number of nitrogens with one attached hydrogen (secondary N) is 1. The number of anilines is 1. The maximum absolute atomic E-state index is 13.0. The number of benzene rings is 3. The fourth-order valence-electron chi connectivity index (χ4n) is 3.22. The van der Waals surface area contributed by atoms with Crippen molar-refractivity contribution in [1.29, 1.82) is 0 Å². The van der Waals surface area contributed by atoms with Crippen LogP contribution >= 0.6 is 0 Å². The van der Waals surface area contributed by atoms with Gasteiger partial charge in [0.25, 0.3) is 5.91 Å². The minimum absolute atomic E-state index is 0.0705. The van der Waals surface area contributed by atoms with Crippen LogP contribution in [0.15, 0.2) is 102 Å². The van der Waals surface area contributed by atoms with Gasteiger partial charge in [-0.1, -0.05) is 65.8 Å². The number of nitrogens with two attached hydrogens (primary N) is 1. The predicted octanol–water partition coefficient (Wildman–Crippen LogP) is 4.59. The van der Waals surface area contributed by atoms with Gasteiger partial charge in [-0.2, -0.15) is 0 Å². The van der Waals surface area contributed by atoms with Crippen molar-refractivity contribution in [2.45, 2.75) is 13.2 Å². The molecule has 4 N–H and O–H groups in total. The first-order chi connectivity index (χ1) is 17.1. The van der Waals surface area contributed by atoms with Crippen molar-refractivity contribution < 1.29 is 19.5 Å². The van der Waals surface area contributed by atoms with Crippen molar-refractivity contribution in [3.05, 3.63) is 119 Å². The molecular formula is C27H24N4O4. The Labute approximate surface area is 202 Å². The lowest BCUT2D eigenvalue weighted by atomic mass is 10.1. The summed E-state index contributed by atoms with van der Waals surface area (Å²) in [6.07, 6.45) is 1.40. The Balaban J connectivity index is 1.53. The molecule has 35 heavy (non-hydrogen) atoms. The standard InChI is InChI=1S/C27H24N4O4/c28-26(31-33)21-11-12-25(29-16-21)30-27(32)22-13-23(34-17-19-7-3-1-4-8-19)15-24(14-22)35-18-20-9-5-2-6-10-20/h1-16,33H,17-18H2,(H2,28,31)(H,29,30,32). The largest absolute Gasteiger partial charge is 0.489 e. The highest BCUT2D eigenvalue weighted by atomic mass is 16.5. The summed E-state index contributed by atoms with van der Waals surface area (Å²) in [5, 5.41) is 14.5. The summed E-state index contributed by atoms with van der Waals surface area (Å²) in [7, 11) is 0. The summed E-state index contributed by atoms with van der Waals surface area (Å²) in [5.74, 6) is 0.856. The molecule has 3 aromatic carbocycles. The summed E-state index contributed by atoms with van der Waals surface area (Å²) >= 11 is 0. The Morgan fingerprint density at radius 2 is 1.40 bits per heavy atom. The van der Waals surface area contributed by atoms with Crippen LogP contribution in [-0.2, 0) is 13.2 Å². The lowest BCUT2D eigenvalue weighted by molar-refractivity contribution is 0.102. The predicted molar refractivity (Wildman–Crippen MR) is 133 cm³/mol. The molecule has 0 saturated carbocycles. The third-order valence-corrected chi connectivity index (χ3v) is 5.05. The average Bonchev–Trinajstić information content (AvgIpc) is 2.92. The average molecular weight is 469 g/mol. The van der Waals surface area contributed by atoms with Crippen LogP contribution in [0.3, 0.4) is 0 Å². The minimum atomic E-state index is -0.385. The molecule has 0 aliphatic heterocycles. The lowest BCUT2D eigenvalue weighted by Crippen LogP contribution is -2.16. The molecule has 0 bridgehead atoms. The van der Waals surface area contributed by atoms with Gasteiger partial charge in [-0.25, -0.2) is 4.98 Å². The van der Waals surface area contributed by atoms with E-state index >= 15 is 0 Å². The second-order valence-corrected chi connectivity index (χ2v) is 7.61. The molecule has 0 aliphatic rings. The van der Waals surface area contributed by atoms with E-state index in [1.807, 2.05) is 60.7 Å². The van der Waals surface area contributed by atoms with Crippen molar-refractivity contribution >= 4 is 17.6 Å². The van der Waals surface area contributed by atoms with Gasteiger partial charge in [-0.3, -0.25) is 4.79 Å². The molecule has 0 unspecified atom stereocenters. The molecule has 0 radical (unpaired) electrons. The van der Waals surface area contributed by atoms with Crippen LogP contribution in [0, 0.1) is 0 Å². The molecule has 0 spiro atoms. The maximum atomic E-state index is 13.0. The first kappa shape index (κ1) is 23.3. The lowest BCUT2D eigenvalue weighted by Gasteiger charge is -2.13. The van der Waals surface area contributed by atoms with Crippen LogP contribution in [0.1, 0.15) is 27.0 Å². The van der Waals surface area contributed by atoms with E-state index in [0.717, 1.165) is 11.1 Å². The van der Waals surface area contributed by atoms with E-state index in [1.54, 1.807) is 30.3 Å². The van der Waals surface area contributed by atoms with Gasteiger partial charge < -0.3 is 25.7 Å². The highest BCUT2D eigenvalue weighted by Crippen LogP contribution is 2.25. The van der Waals surface area contributed by atoms with Crippen molar-refractivity contribution in [3.8, 4) is 11.5 Å². The highest BCUT2D eigenvalue weighted by Gasteiger charge is 2.13. The molecule has 8 nitrogen and oxygen atoms in total. The van der Waals surface area contributed by atoms with E-state index in [4.69, 9.17) is 20.4 Å². The zero-order chi connectivity index (χ0) is 24.5. The van der Waals surface area contributed by atoms with Crippen LogP contribution in [-0.4, -0.2) is 21.9 Å². The zero-order valence-electron chi connectivity index (χ0n) is 18.8. The van der Waals surface area contributed by atoms with Gasteiger partial charge in [0.15, 0.2) is 5.84 Å². The summed E-state index contributed by atoms with van der Waals surface area (Å²) < 4.78 is 11.9. The smallest absolute Gasteiger partial charge is 0.257 e. The number of carbonyl (C=O) groups is 1. The van der Waals surface area contributed by atoms with E-state index in [1.165, 1.54) is 6.20 Å². The van der Waals surface area contributed by atoms with Gasteiger partial charge in [-0.05, 0) is 35.4 Å². The van der Waals surface area contributed by atoms with E-state index < -0.39 is 0 Å². The normalized spacial score (nSPS) is 11.0. The maximum Gasteiger partial charge on any atom is 0.257 e. The fraction of sp³-hybridized carbons (Fsp3) is 0.0741. The molecule has 1 heterocycles. The molecule has 1 aromatic heterocycles. The van der Waals surface area contributed by atoms with Gasteiger partial charge in [-0.15, -0.1) is 0 Å². The number of hydrogen-bond donors (Lipinski definition) is 3. The number of oxime groups is 1. The van der Waals surface area contributed by atoms with Gasteiger partial charge in [0.05, 0.1) is 0 Å². The number of nitrogens with zero attached hydrogens (tertiary/aromatic N) is 2. The Bertz CT molecular complexity index is 1230. The molecule has 4 aromatic rings. The van der Waals surface area contributed by atoms with Crippen LogP contribution in [0.4, 0.5) is 5.82 Å². The van der Waals surface area contributed by atoms with Crippen LogP contribution < -0.4 is 20.5 Å². The summed E-state index contributed by atoms with van der Waals surface area (Å²) in [5.41, 5.74) is 8.34. The fourth-order valence-corrected chi connectivity index (χ4v) is 3.22. The number of amidine groups is 1. The third-order valence-electron chi connectivity index (χ3n) is 5.05. The molecular weight excluding hydrogens is 444 g/mol. The molecule has 8 heteroatoms. The van der Waals surface area contributed by atoms with E-state index in [-0.39, 0.29) is 11.7 Å². The third kappa shape index (κ3) is 6.58. The number of aromatic nitrogens is 1. The van der Waals surface area contributed by atoms with Gasteiger partial charge >= 0.3 is 0 Å². The van der Waals surface area contributed by atoms with Crippen LogP contribution in [0.25, 0.3) is 0 Å². The molecule has 0 saturated heterocycles. The summed E-state index contributed by atoms with van der Waals surface area (Å²) in [6.45, 7) is 0.696. The molecule has 4 rings (SSSR count). The number of pyridine rings is 1. The number of ether oxygens (including phenoxy) is 2. The monoisotopic (exact) mass is 468 g/mol. The molecule has 0 aliphatic carbocycles. The highest BCUT2D eigenvalue weighted by molar-refractivity contribution is 6.04. The van der Waals surface area contributed by atoms with Crippen molar-refractivity contribution in [2.75, 3.05) is 5.32 Å². The molecule has 1 amide bonds. The quantitative estimate of drug-likeness (QED) is 0.143. The Morgan fingerprint density at radius 1 is 0.829 bits per heavy atom. The molecule has 0 atom stereocenters. The first-order valence-corrected chi connectivity index (χ1v) is 10.8. The summed E-state index contributed by atoms with van der Waals surface area (Å²) in [6, 6.07) is 27.7. The topological polar surface area (TPSA) is 119 Å². The second kappa shape index (κ2) is 11.3. The van der Waals surface area contributed by atoms with Crippen molar-refractivity contribution in [1.82, 2.24) is 4.98 Å². The minimum Gasteiger partial charge on any atom is -0.489 e.